The molecule has 0 aliphatic rings. The number of anilines is 1. The zero-order chi connectivity index (χ0) is 17.5. The van der Waals surface area contributed by atoms with Crippen LogP contribution in [0.2, 0.25) is 0 Å². The number of hydrogen-bond acceptors (Lipinski definition) is 5. The summed E-state index contributed by atoms with van der Waals surface area (Å²) in [5, 5.41) is 3.07. The van der Waals surface area contributed by atoms with Crippen LogP contribution in [-0.2, 0) is 9.53 Å². The SMILES string of the molecule is CCN(C[C@H](Nc1ccccc1)C(=O)NN)C(=O)OC(C)(C)C. The molecule has 1 aromatic rings. The molecule has 128 valence electrons. The predicted molar refractivity (Wildman–Crippen MR) is 89.7 cm³/mol. The van der Waals surface area contributed by atoms with Crippen molar-refractivity contribution >= 4 is 17.7 Å². The monoisotopic (exact) mass is 322 g/mol. The van der Waals surface area contributed by atoms with E-state index >= 15 is 0 Å². The second-order valence-electron chi connectivity index (χ2n) is 6.09. The highest BCUT2D eigenvalue weighted by Crippen LogP contribution is 2.12. The maximum absolute atomic E-state index is 12.2. The van der Waals surface area contributed by atoms with Crippen molar-refractivity contribution in [2.24, 2.45) is 5.84 Å². The molecule has 0 saturated heterocycles. The summed E-state index contributed by atoms with van der Waals surface area (Å²) in [5.41, 5.74) is 2.29. The van der Waals surface area contributed by atoms with Gasteiger partial charge in [0, 0.05) is 12.2 Å². The van der Waals surface area contributed by atoms with Crippen LogP contribution in [0.4, 0.5) is 10.5 Å². The van der Waals surface area contributed by atoms with Gasteiger partial charge in [-0.25, -0.2) is 10.6 Å². The molecule has 0 aliphatic heterocycles. The van der Waals surface area contributed by atoms with Crippen molar-refractivity contribution < 1.29 is 14.3 Å². The topological polar surface area (TPSA) is 96.7 Å². The van der Waals surface area contributed by atoms with Crippen LogP contribution in [0.5, 0.6) is 0 Å². The van der Waals surface area contributed by atoms with E-state index in [4.69, 9.17) is 10.6 Å². The molecule has 0 heterocycles. The fourth-order valence-corrected chi connectivity index (χ4v) is 1.91. The molecule has 0 saturated carbocycles. The van der Waals surface area contributed by atoms with E-state index in [2.05, 4.69) is 10.7 Å². The maximum Gasteiger partial charge on any atom is 0.410 e. The Labute approximate surface area is 137 Å². The van der Waals surface area contributed by atoms with Gasteiger partial charge in [-0.1, -0.05) is 18.2 Å². The van der Waals surface area contributed by atoms with E-state index < -0.39 is 23.6 Å². The Kier molecular flexibility index (Phi) is 6.84. The van der Waals surface area contributed by atoms with Gasteiger partial charge in [-0.3, -0.25) is 10.2 Å². The number of hydrogen-bond donors (Lipinski definition) is 3. The van der Waals surface area contributed by atoms with Crippen LogP contribution < -0.4 is 16.6 Å². The van der Waals surface area contributed by atoms with Crippen molar-refractivity contribution in [3.05, 3.63) is 30.3 Å². The molecule has 1 rings (SSSR count). The first-order valence-corrected chi connectivity index (χ1v) is 7.56. The number of likely N-dealkylation sites (N-methyl/N-ethyl adjacent to an activating group) is 1. The summed E-state index contributed by atoms with van der Waals surface area (Å²) in [6, 6.07) is 8.56. The van der Waals surface area contributed by atoms with Gasteiger partial charge >= 0.3 is 6.09 Å². The van der Waals surface area contributed by atoms with Crippen LogP contribution in [0.3, 0.4) is 0 Å². The van der Waals surface area contributed by atoms with E-state index in [1.807, 2.05) is 37.3 Å². The Balaban J connectivity index is 2.82. The number of benzene rings is 1. The number of carbonyl (C=O) groups is 2. The highest BCUT2D eigenvalue weighted by molar-refractivity contribution is 5.85. The van der Waals surface area contributed by atoms with Gasteiger partial charge in [0.2, 0.25) is 0 Å². The quantitative estimate of drug-likeness (QED) is 0.421. The van der Waals surface area contributed by atoms with E-state index in [-0.39, 0.29) is 6.54 Å². The lowest BCUT2D eigenvalue weighted by Gasteiger charge is -2.29. The molecule has 0 aliphatic carbocycles. The first-order chi connectivity index (χ1) is 10.8. The Hall–Kier alpha value is -2.28. The summed E-state index contributed by atoms with van der Waals surface area (Å²) in [7, 11) is 0. The number of nitrogens with zero attached hydrogens (tertiary/aromatic N) is 1. The first-order valence-electron chi connectivity index (χ1n) is 7.56. The Morgan fingerprint density at radius 2 is 1.87 bits per heavy atom. The van der Waals surface area contributed by atoms with Crippen molar-refractivity contribution in [1.82, 2.24) is 10.3 Å². The Morgan fingerprint density at radius 1 is 1.26 bits per heavy atom. The van der Waals surface area contributed by atoms with E-state index in [0.717, 1.165) is 5.69 Å². The summed E-state index contributed by atoms with van der Waals surface area (Å²) in [6.45, 7) is 7.77. The van der Waals surface area contributed by atoms with Crippen LogP contribution >= 0.6 is 0 Å². The second kappa shape index (κ2) is 8.38. The number of carbonyl (C=O) groups excluding carboxylic acids is 2. The largest absolute Gasteiger partial charge is 0.444 e. The highest BCUT2D eigenvalue weighted by Gasteiger charge is 2.26. The fourth-order valence-electron chi connectivity index (χ4n) is 1.91. The van der Waals surface area contributed by atoms with Gasteiger partial charge in [-0.15, -0.1) is 0 Å². The van der Waals surface area contributed by atoms with E-state index in [1.165, 1.54) is 4.90 Å². The maximum atomic E-state index is 12.2. The summed E-state index contributed by atoms with van der Waals surface area (Å²) < 4.78 is 5.35. The van der Waals surface area contributed by atoms with Gasteiger partial charge in [0.15, 0.2) is 0 Å². The summed E-state index contributed by atoms with van der Waals surface area (Å²) in [6.07, 6.45) is -0.468. The third kappa shape index (κ3) is 6.56. The molecule has 0 spiro atoms. The van der Waals surface area contributed by atoms with Gasteiger partial charge in [0.05, 0.1) is 6.54 Å². The molecule has 7 heteroatoms. The van der Waals surface area contributed by atoms with Crippen molar-refractivity contribution in [3.8, 4) is 0 Å². The third-order valence-electron chi connectivity index (χ3n) is 3.01. The average molecular weight is 322 g/mol. The Morgan fingerprint density at radius 3 is 2.35 bits per heavy atom. The number of amides is 2. The van der Waals surface area contributed by atoms with Crippen molar-refractivity contribution in [1.29, 1.82) is 0 Å². The normalized spacial score (nSPS) is 12.2. The lowest BCUT2D eigenvalue weighted by Crippen LogP contribution is -2.51. The van der Waals surface area contributed by atoms with E-state index in [9.17, 15) is 9.59 Å². The number of para-hydroxylation sites is 1. The predicted octanol–water partition coefficient (Wildman–Crippen LogP) is 1.71. The van der Waals surface area contributed by atoms with Crippen LogP contribution in [-0.4, -0.2) is 41.6 Å². The van der Waals surface area contributed by atoms with E-state index in [1.54, 1.807) is 20.8 Å². The van der Waals surface area contributed by atoms with Gasteiger partial charge in [-0.2, -0.15) is 0 Å². The molecule has 1 aromatic carbocycles. The summed E-state index contributed by atoms with van der Waals surface area (Å²) in [5.74, 6) is 4.84. The molecule has 4 N–H and O–H groups in total. The molecule has 2 amide bonds. The highest BCUT2D eigenvalue weighted by atomic mass is 16.6. The van der Waals surface area contributed by atoms with Crippen molar-refractivity contribution in [3.63, 3.8) is 0 Å². The minimum Gasteiger partial charge on any atom is -0.444 e. The third-order valence-corrected chi connectivity index (χ3v) is 3.01. The van der Waals surface area contributed by atoms with E-state index in [0.29, 0.717) is 6.54 Å². The number of nitrogens with two attached hydrogens (primary N) is 1. The van der Waals surface area contributed by atoms with Gasteiger partial charge < -0.3 is 15.0 Å². The number of ether oxygens (including phenoxy) is 1. The van der Waals surface area contributed by atoms with Crippen LogP contribution in [0.1, 0.15) is 27.7 Å². The molecule has 0 unspecified atom stereocenters. The lowest BCUT2D eigenvalue weighted by molar-refractivity contribution is -0.122. The van der Waals surface area contributed by atoms with Crippen LogP contribution in [0.15, 0.2) is 30.3 Å². The minimum absolute atomic E-state index is 0.142. The molecule has 0 bridgehead atoms. The standard InChI is InChI=1S/C16H26N4O3/c1-5-20(15(22)23-16(2,3)4)11-13(14(21)19-17)18-12-9-7-6-8-10-12/h6-10,13,18H,5,11,17H2,1-4H3,(H,19,21)/t13-/m0/s1. The van der Waals surface area contributed by atoms with Crippen LogP contribution in [0, 0.1) is 0 Å². The zero-order valence-corrected chi connectivity index (χ0v) is 14.1. The number of rotatable bonds is 6. The van der Waals surface area contributed by atoms with Gasteiger partial charge in [-0.05, 0) is 39.8 Å². The molecule has 23 heavy (non-hydrogen) atoms. The molecule has 7 nitrogen and oxygen atoms in total. The molecule has 1 atom stereocenters. The number of nitrogens with one attached hydrogen (secondary N) is 2. The van der Waals surface area contributed by atoms with Gasteiger partial charge in [0.1, 0.15) is 11.6 Å². The van der Waals surface area contributed by atoms with Gasteiger partial charge in [0.25, 0.3) is 5.91 Å². The second-order valence-corrected chi connectivity index (χ2v) is 6.09. The summed E-state index contributed by atoms with van der Waals surface area (Å²) in [4.78, 5) is 25.7. The van der Waals surface area contributed by atoms with Crippen molar-refractivity contribution in [2.45, 2.75) is 39.3 Å². The molecule has 0 radical (unpaired) electrons. The molecule has 0 fully saturated rings. The Bertz CT molecular complexity index is 514. The molecular formula is C16H26N4O3. The zero-order valence-electron chi connectivity index (χ0n) is 14.1. The molecular weight excluding hydrogens is 296 g/mol. The smallest absolute Gasteiger partial charge is 0.410 e. The van der Waals surface area contributed by atoms with Crippen molar-refractivity contribution in [2.75, 3.05) is 18.4 Å². The lowest BCUT2D eigenvalue weighted by atomic mass is 10.2. The fraction of sp³-hybridized carbons (Fsp3) is 0.500. The number of hydrazine groups is 1. The molecule has 0 aromatic heterocycles. The summed E-state index contributed by atoms with van der Waals surface area (Å²) >= 11 is 0. The average Bonchev–Trinajstić information content (AvgIpc) is 2.49. The minimum atomic E-state index is -0.685. The van der Waals surface area contributed by atoms with Crippen LogP contribution in [0.25, 0.3) is 0 Å². The first kappa shape index (κ1) is 18.8.